The molecule has 0 aromatic rings. The van der Waals surface area contributed by atoms with E-state index in [4.69, 9.17) is 5.73 Å². The molecule has 2 N–H and O–H groups in total. The maximum atomic E-state index is 12.3. The van der Waals surface area contributed by atoms with Crippen LogP contribution in [0.15, 0.2) is 0 Å². The van der Waals surface area contributed by atoms with Crippen molar-refractivity contribution in [2.75, 3.05) is 25.1 Å². The molecule has 2 atom stereocenters. The number of likely N-dealkylation sites (tertiary alicyclic amines) is 1. The zero-order valence-electron chi connectivity index (χ0n) is 13.3. The highest BCUT2D eigenvalue weighted by Gasteiger charge is 2.33. The van der Waals surface area contributed by atoms with Gasteiger partial charge in [-0.05, 0) is 31.1 Å². The van der Waals surface area contributed by atoms with Gasteiger partial charge in [0.15, 0.2) is 0 Å². The van der Waals surface area contributed by atoms with Crippen LogP contribution in [0.25, 0.3) is 0 Å². The van der Waals surface area contributed by atoms with E-state index < -0.39 is 15.9 Å². The second-order valence-electron chi connectivity index (χ2n) is 6.45. The summed E-state index contributed by atoms with van der Waals surface area (Å²) in [7, 11) is -3.07. The molecular formula is C14H29ClN2O3S. The molecule has 1 aliphatic heterocycles. The van der Waals surface area contributed by atoms with Crippen molar-refractivity contribution in [2.45, 2.75) is 52.0 Å². The van der Waals surface area contributed by atoms with Crippen molar-refractivity contribution >= 4 is 28.2 Å². The minimum atomic E-state index is -3.07. The fourth-order valence-corrected chi connectivity index (χ4v) is 3.69. The van der Waals surface area contributed by atoms with E-state index in [1.807, 2.05) is 4.90 Å². The summed E-state index contributed by atoms with van der Waals surface area (Å²) in [6, 6.07) is -0.700. The Bertz CT molecular complexity index is 438. The monoisotopic (exact) mass is 340 g/mol. The summed E-state index contributed by atoms with van der Waals surface area (Å²) in [4.78, 5) is 14.1. The van der Waals surface area contributed by atoms with Gasteiger partial charge in [0.1, 0.15) is 9.84 Å². The lowest BCUT2D eigenvalue weighted by atomic mass is 9.78. The molecule has 1 fully saturated rings. The van der Waals surface area contributed by atoms with Gasteiger partial charge in [-0.3, -0.25) is 4.79 Å². The van der Waals surface area contributed by atoms with E-state index in [0.29, 0.717) is 0 Å². The molecule has 0 saturated carbocycles. The number of hydrogen-bond acceptors (Lipinski definition) is 4. The average Bonchev–Trinajstić information content (AvgIpc) is 2.34. The largest absolute Gasteiger partial charge is 0.341 e. The number of piperidine rings is 1. The third-order valence-electron chi connectivity index (χ3n) is 4.06. The molecule has 0 radical (unpaired) electrons. The first kappa shape index (κ1) is 20.7. The second kappa shape index (κ2) is 8.34. The summed E-state index contributed by atoms with van der Waals surface area (Å²) >= 11 is 0. The van der Waals surface area contributed by atoms with E-state index in [1.165, 1.54) is 6.26 Å². The molecule has 126 valence electrons. The number of amides is 1. The standard InChI is InChI=1S/C14H28N2O3S.ClH/c1-4-7-14(2)8-5-9-16(11-14)13(17)12(15)6-10-20(3,18)19;/h12H,4-11,15H2,1-3H3;1H. The normalized spacial score (nSPS) is 24.3. The van der Waals surface area contributed by atoms with Crippen LogP contribution in [0.3, 0.4) is 0 Å². The van der Waals surface area contributed by atoms with Gasteiger partial charge >= 0.3 is 0 Å². The van der Waals surface area contributed by atoms with E-state index in [9.17, 15) is 13.2 Å². The molecule has 2 unspecified atom stereocenters. The summed E-state index contributed by atoms with van der Waals surface area (Å²) in [5, 5.41) is 0. The van der Waals surface area contributed by atoms with Gasteiger partial charge in [0, 0.05) is 19.3 Å². The van der Waals surface area contributed by atoms with Crippen LogP contribution in [0.1, 0.15) is 46.0 Å². The molecule has 1 heterocycles. The van der Waals surface area contributed by atoms with E-state index >= 15 is 0 Å². The summed E-state index contributed by atoms with van der Waals surface area (Å²) in [6.07, 6.45) is 5.74. The fraction of sp³-hybridized carbons (Fsp3) is 0.929. The number of rotatable bonds is 6. The number of hydrogen-bond donors (Lipinski definition) is 1. The molecule has 7 heteroatoms. The second-order valence-corrected chi connectivity index (χ2v) is 8.71. The quantitative estimate of drug-likeness (QED) is 0.796. The predicted octanol–water partition coefficient (Wildman–Crippen LogP) is 1.60. The van der Waals surface area contributed by atoms with Crippen LogP contribution < -0.4 is 5.73 Å². The van der Waals surface area contributed by atoms with E-state index in [-0.39, 0.29) is 35.9 Å². The van der Waals surface area contributed by atoms with Crippen molar-refractivity contribution in [1.82, 2.24) is 4.90 Å². The van der Waals surface area contributed by atoms with E-state index in [1.54, 1.807) is 0 Å². The Morgan fingerprint density at radius 1 is 1.43 bits per heavy atom. The van der Waals surface area contributed by atoms with Gasteiger partial charge in [-0.25, -0.2) is 8.42 Å². The molecular weight excluding hydrogens is 312 g/mol. The molecule has 0 aliphatic carbocycles. The summed E-state index contributed by atoms with van der Waals surface area (Å²) in [6.45, 7) is 5.86. The van der Waals surface area contributed by atoms with Gasteiger partial charge in [0.05, 0.1) is 11.8 Å². The average molecular weight is 341 g/mol. The van der Waals surface area contributed by atoms with Gasteiger partial charge in [-0.15, -0.1) is 12.4 Å². The van der Waals surface area contributed by atoms with E-state index in [0.717, 1.165) is 38.8 Å². The van der Waals surface area contributed by atoms with Crippen molar-refractivity contribution in [3.8, 4) is 0 Å². The predicted molar refractivity (Wildman–Crippen MR) is 88.4 cm³/mol. The van der Waals surface area contributed by atoms with Crippen LogP contribution in [0.4, 0.5) is 0 Å². The summed E-state index contributed by atoms with van der Waals surface area (Å²) in [5.74, 6) is -0.129. The van der Waals surface area contributed by atoms with Crippen molar-refractivity contribution in [3.63, 3.8) is 0 Å². The molecule has 1 rings (SSSR count). The van der Waals surface area contributed by atoms with Gasteiger partial charge in [-0.1, -0.05) is 20.3 Å². The number of nitrogens with two attached hydrogens (primary N) is 1. The Balaban J connectivity index is 0.00000400. The van der Waals surface area contributed by atoms with Gasteiger partial charge in [0.25, 0.3) is 0 Å². The molecule has 21 heavy (non-hydrogen) atoms. The Morgan fingerprint density at radius 2 is 2.05 bits per heavy atom. The molecule has 1 saturated heterocycles. The Labute approximate surface area is 135 Å². The number of nitrogens with zero attached hydrogens (tertiary/aromatic N) is 1. The van der Waals surface area contributed by atoms with Crippen LogP contribution >= 0.6 is 12.4 Å². The molecule has 0 bridgehead atoms. The highest BCUT2D eigenvalue weighted by atomic mass is 35.5. The van der Waals surface area contributed by atoms with Gasteiger partial charge < -0.3 is 10.6 Å². The first-order valence-corrected chi connectivity index (χ1v) is 9.45. The topological polar surface area (TPSA) is 80.5 Å². The lowest BCUT2D eigenvalue weighted by Gasteiger charge is -2.41. The van der Waals surface area contributed by atoms with Crippen LogP contribution in [-0.2, 0) is 14.6 Å². The molecule has 0 aromatic heterocycles. The Morgan fingerprint density at radius 3 is 2.57 bits per heavy atom. The number of sulfone groups is 1. The third-order valence-corrected chi connectivity index (χ3v) is 5.04. The van der Waals surface area contributed by atoms with Crippen LogP contribution in [0.5, 0.6) is 0 Å². The molecule has 1 amide bonds. The summed E-state index contributed by atoms with van der Waals surface area (Å²) in [5.41, 5.74) is 6.04. The Kier molecular flexibility index (Phi) is 8.21. The minimum Gasteiger partial charge on any atom is -0.341 e. The molecule has 0 aromatic carbocycles. The number of halogens is 1. The smallest absolute Gasteiger partial charge is 0.239 e. The number of carbonyl (C=O) groups excluding carboxylic acids is 1. The lowest BCUT2D eigenvalue weighted by Crippen LogP contribution is -2.51. The lowest BCUT2D eigenvalue weighted by molar-refractivity contribution is -0.136. The number of carbonyl (C=O) groups is 1. The zero-order chi connectivity index (χ0) is 15.4. The molecule has 5 nitrogen and oxygen atoms in total. The van der Waals surface area contributed by atoms with Crippen molar-refractivity contribution in [3.05, 3.63) is 0 Å². The highest BCUT2D eigenvalue weighted by Crippen LogP contribution is 2.34. The zero-order valence-corrected chi connectivity index (χ0v) is 14.9. The minimum absolute atomic E-state index is 0. The summed E-state index contributed by atoms with van der Waals surface area (Å²) < 4.78 is 22.3. The maximum Gasteiger partial charge on any atom is 0.239 e. The SMILES string of the molecule is CCCC1(C)CCCN(C(=O)C(N)CCS(C)(=O)=O)C1.Cl. The van der Waals surface area contributed by atoms with Crippen LogP contribution in [0.2, 0.25) is 0 Å². The molecule has 1 aliphatic rings. The maximum absolute atomic E-state index is 12.3. The van der Waals surface area contributed by atoms with Crippen LogP contribution in [-0.4, -0.2) is 50.4 Å². The van der Waals surface area contributed by atoms with Gasteiger partial charge in [-0.2, -0.15) is 0 Å². The van der Waals surface area contributed by atoms with Crippen LogP contribution in [0, 0.1) is 5.41 Å². The molecule has 0 spiro atoms. The first-order chi connectivity index (χ1) is 9.17. The highest BCUT2D eigenvalue weighted by molar-refractivity contribution is 7.90. The fourth-order valence-electron chi connectivity index (χ4n) is 3.01. The first-order valence-electron chi connectivity index (χ1n) is 7.39. The van der Waals surface area contributed by atoms with Crippen molar-refractivity contribution < 1.29 is 13.2 Å². The Hall–Kier alpha value is -0.330. The van der Waals surface area contributed by atoms with Crippen molar-refractivity contribution in [2.24, 2.45) is 11.1 Å². The van der Waals surface area contributed by atoms with E-state index in [2.05, 4.69) is 13.8 Å². The van der Waals surface area contributed by atoms with Gasteiger partial charge in [0.2, 0.25) is 5.91 Å². The van der Waals surface area contributed by atoms with Crippen molar-refractivity contribution in [1.29, 1.82) is 0 Å². The third kappa shape index (κ3) is 6.98.